The van der Waals surface area contributed by atoms with E-state index in [0.717, 1.165) is 16.2 Å². The molecule has 3 amide bonds. The Hall–Kier alpha value is -4.84. The number of amides is 3. The third-order valence-corrected chi connectivity index (χ3v) is 13.4. The molecule has 464 valence electrons. The van der Waals surface area contributed by atoms with Crippen LogP contribution in [-0.2, 0) is 87.9 Å². The lowest BCUT2D eigenvalue weighted by Gasteiger charge is -2.40. The highest BCUT2D eigenvalue weighted by Crippen LogP contribution is 2.37. The van der Waals surface area contributed by atoms with Crippen LogP contribution in [0.25, 0.3) is 6.08 Å². The zero-order valence-corrected chi connectivity index (χ0v) is 47.6. The fraction of sp³-hybridized carbons (Fsp3) is 0.667. The number of fused-ring (bicyclic) bond motifs is 1. The van der Waals surface area contributed by atoms with E-state index >= 15 is 0 Å². The SMILES string of the molecule is CCCN(OCC)C(=O)C1=Cc2sc(CC3CN(C(=O)[C@H](CO)NC(=O)CCOCCOCCOCCOCCOCCOCCOCCOCCOCCOCCC(=O)Oc4c(F)c(F)c(S(=O)(=O)O)c(F)c4F)C3)cc2N=C(N)C1. The second-order valence-electron chi connectivity index (χ2n) is 17.8. The zero-order valence-electron chi connectivity index (χ0n) is 46.0. The molecule has 0 bridgehead atoms. The molecule has 3 heterocycles. The van der Waals surface area contributed by atoms with E-state index < -0.39 is 75.0 Å². The summed E-state index contributed by atoms with van der Waals surface area (Å²) >= 11 is 1.53. The van der Waals surface area contributed by atoms with Gasteiger partial charge < -0.3 is 73.2 Å². The summed E-state index contributed by atoms with van der Waals surface area (Å²) in [6.07, 6.45) is 2.91. The normalized spacial score (nSPS) is 14.0. The molecule has 0 radical (unpaired) electrons. The number of ether oxygens (including phenoxy) is 11. The monoisotopic (exact) mass is 1220 g/mol. The number of aliphatic hydroxyl groups is 1. The summed E-state index contributed by atoms with van der Waals surface area (Å²) in [6.45, 7) is 10.3. The number of rotatable bonds is 45. The Bertz CT molecular complexity index is 2440. The van der Waals surface area contributed by atoms with Crippen molar-refractivity contribution in [2.75, 3.05) is 165 Å². The molecule has 2 aromatic rings. The molecule has 1 atom stereocenters. The molecular weight excluding hydrogens is 1140 g/mol. The fourth-order valence-corrected chi connectivity index (χ4v) is 9.34. The highest BCUT2D eigenvalue weighted by molar-refractivity contribution is 7.85. The number of esters is 1. The van der Waals surface area contributed by atoms with Gasteiger partial charge in [0.05, 0.1) is 162 Å². The molecule has 31 heteroatoms. The van der Waals surface area contributed by atoms with Gasteiger partial charge in [0.25, 0.3) is 5.91 Å². The van der Waals surface area contributed by atoms with E-state index in [4.69, 9.17) is 62.5 Å². The molecule has 0 saturated carbocycles. The van der Waals surface area contributed by atoms with Crippen LogP contribution in [0.3, 0.4) is 0 Å². The van der Waals surface area contributed by atoms with Crippen molar-refractivity contribution in [1.82, 2.24) is 15.3 Å². The quantitative estimate of drug-likeness (QED) is 0.0141. The smallest absolute Gasteiger partial charge is 0.313 e. The first-order chi connectivity index (χ1) is 39.5. The number of benzene rings is 1. The number of hydrogen-bond acceptors (Lipinski definition) is 22. The largest absolute Gasteiger partial charge is 0.420 e. The Morgan fingerprint density at radius 1 is 0.732 bits per heavy atom. The van der Waals surface area contributed by atoms with Gasteiger partial charge in [0.1, 0.15) is 11.9 Å². The highest BCUT2D eigenvalue weighted by Gasteiger charge is 2.36. The Balaban J connectivity index is 0.857. The van der Waals surface area contributed by atoms with Crippen LogP contribution in [-0.4, -0.2) is 229 Å². The number of aliphatic imine (C=N–C) groups is 1. The maximum absolute atomic E-state index is 14.0. The van der Waals surface area contributed by atoms with Crippen LogP contribution in [0.1, 0.15) is 49.3 Å². The molecule has 1 fully saturated rings. The zero-order chi connectivity index (χ0) is 59.7. The average Bonchev–Trinajstić information content (AvgIpc) is 2.42. The van der Waals surface area contributed by atoms with Crippen LogP contribution in [0.2, 0.25) is 0 Å². The van der Waals surface area contributed by atoms with E-state index in [1.165, 1.54) is 16.4 Å². The number of carbonyl (C=O) groups is 4. The van der Waals surface area contributed by atoms with Gasteiger partial charge >= 0.3 is 16.1 Å². The van der Waals surface area contributed by atoms with Gasteiger partial charge in [0.2, 0.25) is 29.2 Å². The van der Waals surface area contributed by atoms with E-state index in [9.17, 15) is 50.3 Å². The van der Waals surface area contributed by atoms with Crippen LogP contribution in [0, 0.1) is 29.2 Å². The van der Waals surface area contributed by atoms with Gasteiger partial charge in [-0.2, -0.15) is 17.2 Å². The summed E-state index contributed by atoms with van der Waals surface area (Å²) in [5.41, 5.74) is 7.40. The number of halogens is 4. The predicted molar refractivity (Wildman–Crippen MR) is 284 cm³/mol. The number of hydroxylamine groups is 2. The lowest BCUT2D eigenvalue weighted by atomic mass is 9.94. The number of carbonyl (C=O) groups excluding carboxylic acids is 4. The van der Waals surface area contributed by atoms with Gasteiger partial charge in [-0.15, -0.1) is 11.3 Å². The minimum atomic E-state index is -5.65. The molecule has 4 rings (SSSR count). The minimum Gasteiger partial charge on any atom is -0.420 e. The van der Waals surface area contributed by atoms with E-state index in [1.807, 2.05) is 26.0 Å². The summed E-state index contributed by atoms with van der Waals surface area (Å²) < 4.78 is 145. The van der Waals surface area contributed by atoms with Crippen molar-refractivity contribution >= 4 is 62.7 Å². The molecule has 0 spiro atoms. The van der Waals surface area contributed by atoms with Gasteiger partial charge in [0.15, 0.2) is 16.5 Å². The third-order valence-electron chi connectivity index (χ3n) is 11.4. The van der Waals surface area contributed by atoms with Crippen molar-refractivity contribution < 1.29 is 112 Å². The molecule has 1 aromatic carbocycles. The second-order valence-corrected chi connectivity index (χ2v) is 20.4. The summed E-state index contributed by atoms with van der Waals surface area (Å²) in [7, 11) is -5.65. The lowest BCUT2D eigenvalue weighted by Crippen LogP contribution is -2.58. The van der Waals surface area contributed by atoms with Gasteiger partial charge in [-0.3, -0.25) is 28.6 Å². The number of nitrogens with one attached hydrogen (secondary N) is 1. The van der Waals surface area contributed by atoms with Crippen molar-refractivity contribution in [2.24, 2.45) is 16.6 Å². The number of amidine groups is 1. The number of thiophene rings is 1. The maximum atomic E-state index is 14.0. The van der Waals surface area contributed by atoms with Crippen molar-refractivity contribution in [3.05, 3.63) is 44.7 Å². The summed E-state index contributed by atoms with van der Waals surface area (Å²) in [5, 5.41) is 13.9. The number of likely N-dealkylation sites (tertiary alicyclic amines) is 1. The van der Waals surface area contributed by atoms with Crippen molar-refractivity contribution in [1.29, 1.82) is 0 Å². The number of aliphatic hydroxyl groups excluding tert-OH is 1. The summed E-state index contributed by atoms with van der Waals surface area (Å²) in [6, 6.07) is 0.903. The van der Waals surface area contributed by atoms with E-state index in [1.54, 1.807) is 4.90 Å². The van der Waals surface area contributed by atoms with E-state index in [0.29, 0.717) is 136 Å². The molecule has 1 aromatic heterocycles. The van der Waals surface area contributed by atoms with Crippen molar-refractivity contribution in [3.63, 3.8) is 0 Å². The lowest BCUT2D eigenvalue weighted by molar-refractivity contribution is -0.180. The van der Waals surface area contributed by atoms with Crippen LogP contribution in [0.4, 0.5) is 23.2 Å². The Labute approximate surface area is 477 Å². The topological polar surface area (TPSA) is 311 Å². The standard InChI is InChI=1S/C51H75F4N5O20S2/c1-3-7-60(79-4-2)50(64)36-29-40-38(57-41(56)30-36)31-37(81-40)28-35-32-59(33-35)51(65)39(34-61)58-42(62)5-8-69-10-12-71-14-16-73-18-20-75-22-24-77-26-27-78-25-23-76-21-19-74-17-15-72-13-11-70-9-6-43(63)80-48-44(52)46(54)49(82(66,67)68)47(55)45(48)53/h29,31,35,39,61H,3-28,30,32-34H2,1-2H3,(H2,56,57)(H,58,62)(H,66,67,68)/t39-/m0/s1. The summed E-state index contributed by atoms with van der Waals surface area (Å²) in [4.78, 5) is 62.0. The first kappa shape index (κ1) is 69.7. The molecular formula is C51H75F4N5O20S2. The minimum absolute atomic E-state index is 0.00183. The molecule has 2 aliphatic heterocycles. The highest BCUT2D eigenvalue weighted by atomic mass is 32.2. The Morgan fingerprint density at radius 3 is 1.61 bits per heavy atom. The molecule has 82 heavy (non-hydrogen) atoms. The Kier molecular flexibility index (Phi) is 33.0. The number of nitrogens with two attached hydrogens (primary N) is 1. The van der Waals surface area contributed by atoms with Crippen LogP contribution < -0.4 is 15.8 Å². The van der Waals surface area contributed by atoms with E-state index in [2.05, 4.69) is 15.0 Å². The predicted octanol–water partition coefficient (Wildman–Crippen LogP) is 2.55. The first-order valence-electron chi connectivity index (χ1n) is 26.6. The van der Waals surface area contributed by atoms with Gasteiger partial charge in [-0.05, 0) is 37.8 Å². The summed E-state index contributed by atoms with van der Waals surface area (Å²) in [5.74, 6) is -13.2. The molecule has 5 N–H and O–H groups in total. The van der Waals surface area contributed by atoms with Gasteiger partial charge in [-0.25, -0.2) is 18.8 Å². The van der Waals surface area contributed by atoms with Crippen LogP contribution >= 0.6 is 11.3 Å². The molecule has 2 aliphatic rings. The number of hydrogen-bond donors (Lipinski definition) is 4. The molecule has 25 nitrogen and oxygen atoms in total. The van der Waals surface area contributed by atoms with Crippen molar-refractivity contribution in [3.8, 4) is 5.75 Å². The third kappa shape index (κ3) is 25.2. The van der Waals surface area contributed by atoms with Crippen molar-refractivity contribution in [2.45, 2.75) is 56.9 Å². The fourth-order valence-electron chi connectivity index (χ4n) is 7.53. The second kappa shape index (κ2) is 38.9. The van der Waals surface area contributed by atoms with Gasteiger partial charge in [-0.1, -0.05) is 6.92 Å². The average molecular weight is 1220 g/mol. The van der Waals surface area contributed by atoms with Gasteiger partial charge in [0, 0.05) is 42.9 Å². The molecule has 0 unspecified atom stereocenters. The maximum Gasteiger partial charge on any atom is 0.313 e. The Morgan fingerprint density at radius 2 is 1.18 bits per heavy atom. The molecule has 1 saturated heterocycles. The number of nitrogens with zero attached hydrogens (tertiary/aromatic N) is 3. The molecule has 0 aliphatic carbocycles. The van der Waals surface area contributed by atoms with Crippen LogP contribution in [0.5, 0.6) is 5.75 Å². The van der Waals surface area contributed by atoms with Crippen LogP contribution in [0.15, 0.2) is 21.5 Å². The first-order valence-corrected chi connectivity index (χ1v) is 28.9. The van der Waals surface area contributed by atoms with E-state index in [-0.39, 0.29) is 76.8 Å².